The monoisotopic (exact) mass is 467 g/mol. The average molecular weight is 468 g/mol. The number of aromatic hydroxyl groups is 1. The molecular weight excluding hydrogens is 440 g/mol. The number of para-hydroxylation sites is 1. The number of phenolic OH excluding ortho intramolecular Hbond substituents is 1. The van der Waals surface area contributed by atoms with Crippen LogP contribution in [0.4, 0.5) is 10.5 Å². The fraction of sp³-hybridized carbons (Fsp3) is 0.107. The van der Waals surface area contributed by atoms with Crippen molar-refractivity contribution in [2.24, 2.45) is 0 Å². The van der Waals surface area contributed by atoms with Crippen LogP contribution in [0.15, 0.2) is 97.3 Å². The van der Waals surface area contributed by atoms with Gasteiger partial charge in [0.25, 0.3) is 0 Å². The van der Waals surface area contributed by atoms with E-state index in [1.54, 1.807) is 67.0 Å². The Labute approximate surface area is 204 Å². The summed E-state index contributed by atoms with van der Waals surface area (Å²) in [6, 6.07) is 24.4. The van der Waals surface area contributed by atoms with Gasteiger partial charge >= 0.3 is 6.03 Å². The molecule has 7 nitrogen and oxygen atoms in total. The molecule has 0 aliphatic rings. The van der Waals surface area contributed by atoms with Gasteiger partial charge in [0.2, 0.25) is 0 Å². The zero-order valence-electron chi connectivity index (χ0n) is 19.3. The minimum absolute atomic E-state index is 0.0781. The number of rotatable bonds is 8. The second kappa shape index (κ2) is 11.0. The highest BCUT2D eigenvalue weighted by Gasteiger charge is 2.23. The number of benzene rings is 3. The number of nitrogens with two attached hydrogens (primary N) is 1. The molecule has 5 N–H and O–H groups in total. The summed E-state index contributed by atoms with van der Waals surface area (Å²) in [7, 11) is 0. The Morgan fingerprint density at radius 2 is 1.66 bits per heavy atom. The van der Waals surface area contributed by atoms with Gasteiger partial charge in [0.15, 0.2) is 5.71 Å². The van der Waals surface area contributed by atoms with Crippen molar-refractivity contribution in [1.82, 2.24) is 10.3 Å². The Hall–Kier alpha value is -4.65. The number of aromatic nitrogens is 1. The maximum atomic E-state index is 12.8. The van der Waals surface area contributed by atoms with Gasteiger partial charge < -0.3 is 20.5 Å². The third-order valence-corrected chi connectivity index (χ3v) is 5.44. The highest BCUT2D eigenvalue weighted by molar-refractivity contribution is 5.97. The van der Waals surface area contributed by atoms with Crippen molar-refractivity contribution in [3.63, 3.8) is 0 Å². The van der Waals surface area contributed by atoms with E-state index in [1.807, 2.05) is 37.3 Å². The summed E-state index contributed by atoms with van der Waals surface area (Å²) >= 11 is 0. The Morgan fingerprint density at radius 1 is 0.971 bits per heavy atom. The number of aryl methyl sites for hydroxylation is 1. The Morgan fingerprint density at radius 3 is 2.31 bits per heavy atom. The normalized spacial score (nSPS) is 11.3. The number of hydrogen-bond acceptors (Lipinski definition) is 4. The largest absolute Gasteiger partial charge is 0.508 e. The van der Waals surface area contributed by atoms with Crippen LogP contribution in [-0.4, -0.2) is 21.8 Å². The number of carbonyl (C=O) groups is 1. The molecule has 1 atom stereocenters. The summed E-state index contributed by atoms with van der Waals surface area (Å²) in [4.78, 5) is 16.9. The van der Waals surface area contributed by atoms with Gasteiger partial charge in [0.05, 0.1) is 18.0 Å². The zero-order valence-corrected chi connectivity index (χ0v) is 19.3. The minimum atomic E-state index is -0.555. The predicted octanol–water partition coefficient (Wildman–Crippen LogP) is 4.39. The number of anilines is 1. The van der Waals surface area contributed by atoms with Gasteiger partial charge in [-0.25, -0.2) is 4.79 Å². The van der Waals surface area contributed by atoms with Crippen molar-refractivity contribution in [2.45, 2.75) is 19.4 Å². The molecule has 0 saturated carbocycles. The number of amides is 2. The minimum Gasteiger partial charge on any atom is -0.508 e. The number of ether oxygens (including phenoxy) is 1. The van der Waals surface area contributed by atoms with E-state index < -0.39 is 12.1 Å². The van der Waals surface area contributed by atoms with Crippen LogP contribution in [0.25, 0.3) is 0 Å². The second-order valence-electron chi connectivity index (χ2n) is 8.12. The molecule has 1 unspecified atom stereocenters. The second-order valence-corrected chi connectivity index (χ2v) is 8.12. The molecule has 1 aromatic heterocycles. The highest BCUT2D eigenvalue weighted by Crippen LogP contribution is 2.27. The van der Waals surface area contributed by atoms with Gasteiger partial charge in [-0.05, 0) is 61.5 Å². The molecular formula is C28H27N4O3+. The molecule has 7 heteroatoms. The van der Waals surface area contributed by atoms with Crippen molar-refractivity contribution in [3.8, 4) is 17.2 Å². The van der Waals surface area contributed by atoms with Crippen LogP contribution in [0.3, 0.4) is 0 Å². The number of hydrogen-bond donors (Lipinski definition) is 4. The lowest BCUT2D eigenvalue weighted by molar-refractivity contribution is -0.115. The smallest absolute Gasteiger partial charge is 0.319 e. The van der Waals surface area contributed by atoms with Crippen LogP contribution < -0.4 is 20.8 Å². The molecule has 1 heterocycles. The van der Waals surface area contributed by atoms with E-state index in [4.69, 9.17) is 10.1 Å². The first kappa shape index (κ1) is 23.5. The van der Waals surface area contributed by atoms with Crippen LogP contribution in [-0.2, 0) is 0 Å². The summed E-state index contributed by atoms with van der Waals surface area (Å²) < 4.78 is 5.84. The topological polar surface area (TPSA) is 109 Å². The molecule has 0 spiro atoms. The first-order chi connectivity index (χ1) is 17.0. The zero-order chi connectivity index (χ0) is 24.6. The van der Waals surface area contributed by atoms with Gasteiger partial charge in [-0.1, -0.05) is 35.9 Å². The molecule has 0 aliphatic carbocycles. The molecule has 4 rings (SSSR count). The molecule has 4 aromatic rings. The highest BCUT2D eigenvalue weighted by atomic mass is 16.5. The molecule has 2 amide bonds. The Bertz CT molecular complexity index is 1290. The standard InChI is InChI=1S/C28H26N4O3/c1-19-8-12-22(13-9-19)35-23-14-10-21(11-15-23)31-28(34)32-26(24-6-2-3-7-27(24)33)17-25(29)20-5-4-16-30-18-20/h2-16,18,26,29,33H,17H2,1H3,(H2,31,32,34)/p+1. The average Bonchev–Trinajstić information content (AvgIpc) is 2.87. The molecule has 0 aliphatic heterocycles. The van der Waals surface area contributed by atoms with Crippen LogP contribution in [0.1, 0.15) is 29.2 Å². The Balaban J connectivity index is 1.43. The first-order valence-electron chi connectivity index (χ1n) is 11.2. The number of carbonyl (C=O) groups excluding carboxylic acids is 1. The van der Waals surface area contributed by atoms with E-state index >= 15 is 0 Å². The number of nitrogens with one attached hydrogen (secondary N) is 2. The number of nitrogens with zero attached hydrogens (tertiary/aromatic N) is 1. The maximum Gasteiger partial charge on any atom is 0.319 e. The summed E-state index contributed by atoms with van der Waals surface area (Å²) in [5.41, 5.74) is 3.63. The molecule has 176 valence electrons. The van der Waals surface area contributed by atoms with E-state index in [-0.39, 0.29) is 5.75 Å². The number of urea groups is 1. The molecule has 0 saturated heterocycles. The molecule has 0 radical (unpaired) electrons. The van der Waals surface area contributed by atoms with Crippen molar-refractivity contribution < 1.29 is 20.0 Å². The molecule has 35 heavy (non-hydrogen) atoms. The van der Waals surface area contributed by atoms with E-state index in [2.05, 4.69) is 15.6 Å². The summed E-state index contributed by atoms with van der Waals surface area (Å²) in [5.74, 6) is 1.47. The van der Waals surface area contributed by atoms with E-state index in [9.17, 15) is 9.90 Å². The van der Waals surface area contributed by atoms with Crippen LogP contribution in [0.2, 0.25) is 0 Å². The SMILES string of the molecule is Cc1ccc(Oc2ccc(NC(=O)NC(CC(=[NH2+])c3cccnc3)c3ccccc3O)cc2)cc1. The van der Waals surface area contributed by atoms with Gasteiger partial charge in [0.1, 0.15) is 17.2 Å². The van der Waals surface area contributed by atoms with E-state index in [0.29, 0.717) is 29.1 Å². The Kier molecular flexibility index (Phi) is 7.37. The quantitative estimate of drug-likeness (QED) is 0.288. The molecule has 3 aromatic carbocycles. The molecule has 0 bridgehead atoms. The van der Waals surface area contributed by atoms with Gasteiger partial charge in [-0.2, -0.15) is 0 Å². The molecule has 0 fully saturated rings. The third kappa shape index (κ3) is 6.45. The van der Waals surface area contributed by atoms with Crippen molar-refractivity contribution in [1.29, 1.82) is 0 Å². The predicted molar refractivity (Wildman–Crippen MR) is 136 cm³/mol. The summed E-state index contributed by atoms with van der Waals surface area (Å²) in [6.07, 6.45) is 3.62. The van der Waals surface area contributed by atoms with Gasteiger partial charge in [0, 0.05) is 23.6 Å². The summed E-state index contributed by atoms with van der Waals surface area (Å²) in [6.45, 7) is 2.02. The summed E-state index contributed by atoms with van der Waals surface area (Å²) in [5, 5.41) is 22.4. The van der Waals surface area contributed by atoms with E-state index in [0.717, 1.165) is 16.9 Å². The lowest BCUT2D eigenvalue weighted by Crippen LogP contribution is -2.44. The van der Waals surface area contributed by atoms with Crippen molar-refractivity contribution in [3.05, 3.63) is 114 Å². The van der Waals surface area contributed by atoms with Crippen LogP contribution in [0.5, 0.6) is 17.2 Å². The van der Waals surface area contributed by atoms with Crippen LogP contribution in [0, 0.1) is 6.92 Å². The fourth-order valence-corrected chi connectivity index (χ4v) is 3.59. The van der Waals surface area contributed by atoms with Crippen molar-refractivity contribution in [2.75, 3.05) is 5.32 Å². The number of phenols is 1. The number of pyridine rings is 1. The van der Waals surface area contributed by atoms with Gasteiger partial charge in [-0.3, -0.25) is 10.4 Å². The van der Waals surface area contributed by atoms with E-state index in [1.165, 1.54) is 0 Å². The third-order valence-electron chi connectivity index (χ3n) is 5.44. The van der Waals surface area contributed by atoms with Crippen LogP contribution >= 0.6 is 0 Å². The lowest BCUT2D eigenvalue weighted by Gasteiger charge is -2.20. The maximum absolute atomic E-state index is 12.8. The van der Waals surface area contributed by atoms with Gasteiger partial charge in [-0.15, -0.1) is 0 Å². The fourth-order valence-electron chi connectivity index (χ4n) is 3.59. The lowest BCUT2D eigenvalue weighted by atomic mass is 9.97. The van der Waals surface area contributed by atoms with Crippen molar-refractivity contribution >= 4 is 17.4 Å². The first-order valence-corrected chi connectivity index (χ1v) is 11.2.